The summed E-state index contributed by atoms with van der Waals surface area (Å²) in [4.78, 5) is 18.1. The van der Waals surface area contributed by atoms with Crippen molar-refractivity contribution in [2.75, 3.05) is 11.6 Å². The van der Waals surface area contributed by atoms with Gasteiger partial charge in [-0.25, -0.2) is 17.8 Å². The zero-order chi connectivity index (χ0) is 22.9. The Labute approximate surface area is 193 Å². The summed E-state index contributed by atoms with van der Waals surface area (Å²) in [7, 11) is -3.34. The molecule has 9 heteroatoms. The summed E-state index contributed by atoms with van der Waals surface area (Å²) in [6, 6.07) is 18.7. The summed E-state index contributed by atoms with van der Waals surface area (Å²) in [5.41, 5.74) is 2.36. The van der Waals surface area contributed by atoms with Crippen molar-refractivity contribution in [1.29, 1.82) is 0 Å². The lowest BCUT2D eigenvalue weighted by molar-refractivity contribution is 0.102. The predicted molar refractivity (Wildman–Crippen MR) is 125 cm³/mol. The maximum absolute atomic E-state index is 13.4. The van der Waals surface area contributed by atoms with E-state index in [1.165, 1.54) is 35.6 Å². The van der Waals surface area contributed by atoms with Crippen LogP contribution in [0.3, 0.4) is 0 Å². The number of hydrogen-bond donors (Lipinski definition) is 1. The molecule has 0 saturated carbocycles. The highest BCUT2D eigenvalue weighted by Gasteiger charge is 2.18. The van der Waals surface area contributed by atoms with E-state index in [0.717, 1.165) is 11.8 Å². The lowest BCUT2D eigenvalue weighted by Crippen LogP contribution is -2.11. The van der Waals surface area contributed by atoms with Crippen molar-refractivity contribution in [3.8, 4) is 21.7 Å². The topological polar surface area (TPSA) is 76.1 Å². The van der Waals surface area contributed by atoms with Gasteiger partial charge in [-0.2, -0.15) is 0 Å². The second kappa shape index (κ2) is 8.82. The molecule has 1 N–H and O–H groups in total. The molecule has 0 unspecified atom stereocenters. The van der Waals surface area contributed by atoms with Crippen molar-refractivity contribution in [1.82, 2.24) is 4.98 Å². The van der Waals surface area contributed by atoms with Gasteiger partial charge in [0.2, 0.25) is 0 Å². The fourth-order valence-corrected chi connectivity index (χ4v) is 4.74. The van der Waals surface area contributed by atoms with Crippen LogP contribution in [0.25, 0.3) is 21.7 Å². The third-order valence-electron chi connectivity index (χ3n) is 4.62. The molecule has 0 spiro atoms. The van der Waals surface area contributed by atoms with Crippen LogP contribution in [0.15, 0.2) is 77.7 Å². The Morgan fingerprint density at radius 2 is 1.53 bits per heavy atom. The molecule has 0 saturated heterocycles. The first kappa shape index (κ1) is 22.1. The summed E-state index contributed by atoms with van der Waals surface area (Å²) >= 11 is 7.12. The van der Waals surface area contributed by atoms with Crippen molar-refractivity contribution >= 4 is 43.8 Å². The van der Waals surface area contributed by atoms with Crippen molar-refractivity contribution in [3.05, 3.63) is 89.2 Å². The lowest BCUT2D eigenvalue weighted by atomic mass is 10.1. The third kappa shape index (κ3) is 4.88. The van der Waals surface area contributed by atoms with Gasteiger partial charge in [-0.05, 0) is 54.1 Å². The Morgan fingerprint density at radius 3 is 2.12 bits per heavy atom. The molecule has 32 heavy (non-hydrogen) atoms. The van der Waals surface area contributed by atoms with E-state index < -0.39 is 9.84 Å². The van der Waals surface area contributed by atoms with Gasteiger partial charge in [-0.15, -0.1) is 0 Å². The molecule has 0 aliphatic heterocycles. The van der Waals surface area contributed by atoms with Crippen molar-refractivity contribution in [2.24, 2.45) is 0 Å². The average Bonchev–Trinajstić information content (AvgIpc) is 3.18. The van der Waals surface area contributed by atoms with Crippen molar-refractivity contribution < 1.29 is 17.6 Å². The van der Waals surface area contributed by atoms with Crippen LogP contribution in [0.1, 0.15) is 10.4 Å². The second-order valence-electron chi connectivity index (χ2n) is 6.96. The molecule has 4 rings (SSSR count). The molecule has 1 amide bonds. The first-order valence-electron chi connectivity index (χ1n) is 9.35. The van der Waals surface area contributed by atoms with Crippen LogP contribution < -0.4 is 5.32 Å². The maximum atomic E-state index is 13.4. The Bertz CT molecular complexity index is 1380. The summed E-state index contributed by atoms with van der Waals surface area (Å²) in [5.74, 6) is -0.714. The number of benzene rings is 3. The minimum Gasteiger partial charge on any atom is -0.298 e. The van der Waals surface area contributed by atoms with E-state index >= 15 is 0 Å². The molecule has 0 atom stereocenters. The zero-order valence-electron chi connectivity index (χ0n) is 16.7. The molecule has 1 aromatic heterocycles. The minimum atomic E-state index is -3.34. The number of nitrogens with one attached hydrogen (secondary N) is 1. The number of nitrogens with zero attached hydrogens (tertiary/aromatic N) is 1. The molecular formula is C23H16ClFN2O3S2. The average molecular weight is 487 g/mol. The fourth-order valence-electron chi connectivity index (χ4n) is 3.00. The Balaban J connectivity index is 1.74. The summed E-state index contributed by atoms with van der Waals surface area (Å²) in [6.45, 7) is 0. The van der Waals surface area contributed by atoms with Crippen molar-refractivity contribution in [2.45, 2.75) is 4.90 Å². The summed E-state index contributed by atoms with van der Waals surface area (Å²) < 4.78 is 37.0. The number of halogens is 2. The smallest absolute Gasteiger partial charge is 0.257 e. The van der Waals surface area contributed by atoms with Gasteiger partial charge in [-0.1, -0.05) is 47.2 Å². The van der Waals surface area contributed by atoms with Crippen LogP contribution >= 0.6 is 22.9 Å². The number of aromatic nitrogens is 1. The normalized spacial score (nSPS) is 11.3. The van der Waals surface area contributed by atoms with Gasteiger partial charge in [0, 0.05) is 22.4 Å². The van der Waals surface area contributed by atoms with Crippen molar-refractivity contribution in [3.63, 3.8) is 0 Å². The van der Waals surface area contributed by atoms with E-state index in [1.54, 1.807) is 48.5 Å². The fraction of sp³-hybridized carbons (Fsp3) is 0.0435. The van der Waals surface area contributed by atoms with Gasteiger partial charge >= 0.3 is 0 Å². The summed E-state index contributed by atoms with van der Waals surface area (Å²) in [5, 5.41) is 3.66. The van der Waals surface area contributed by atoms with E-state index in [2.05, 4.69) is 10.3 Å². The van der Waals surface area contributed by atoms with E-state index in [0.29, 0.717) is 31.9 Å². The molecule has 4 aromatic rings. The molecule has 0 aliphatic carbocycles. The number of amides is 1. The van der Waals surface area contributed by atoms with Crippen LogP contribution in [0.2, 0.25) is 5.02 Å². The number of carbonyl (C=O) groups excluding carboxylic acids is 1. The molecule has 0 bridgehead atoms. The van der Waals surface area contributed by atoms with Crippen LogP contribution in [-0.2, 0) is 9.84 Å². The number of sulfone groups is 1. The molecule has 5 nitrogen and oxygen atoms in total. The molecule has 1 heterocycles. The van der Waals surface area contributed by atoms with Gasteiger partial charge in [0.25, 0.3) is 5.91 Å². The van der Waals surface area contributed by atoms with Crippen LogP contribution in [0.5, 0.6) is 0 Å². The van der Waals surface area contributed by atoms with Gasteiger partial charge in [0.1, 0.15) is 5.82 Å². The molecular weight excluding hydrogens is 471 g/mol. The highest BCUT2D eigenvalue weighted by molar-refractivity contribution is 7.90. The Morgan fingerprint density at radius 1 is 0.938 bits per heavy atom. The first-order valence-corrected chi connectivity index (χ1v) is 12.4. The number of rotatable bonds is 5. The largest absolute Gasteiger partial charge is 0.298 e. The highest BCUT2D eigenvalue weighted by atomic mass is 35.5. The van der Waals surface area contributed by atoms with E-state index in [-0.39, 0.29) is 16.6 Å². The lowest BCUT2D eigenvalue weighted by Gasteiger charge is -2.04. The predicted octanol–water partition coefficient (Wildman–Crippen LogP) is 5.93. The van der Waals surface area contributed by atoms with Crippen LogP contribution in [-0.4, -0.2) is 25.6 Å². The standard InChI is InChI=1S/C23H16ClFN2O3S2/c1-32(29,30)19-12-6-14(7-13-19)20-21(15-4-10-18(25)11-5-15)31-23(26-20)27-22(28)16-2-8-17(24)9-3-16/h2-13H,1H3,(H,26,27,28). The van der Waals surface area contributed by atoms with Crippen LogP contribution in [0.4, 0.5) is 9.52 Å². The maximum Gasteiger partial charge on any atom is 0.257 e. The first-order chi connectivity index (χ1) is 15.2. The van der Waals surface area contributed by atoms with E-state index in [4.69, 9.17) is 11.6 Å². The van der Waals surface area contributed by atoms with Gasteiger partial charge in [0.15, 0.2) is 15.0 Å². The van der Waals surface area contributed by atoms with Crippen LogP contribution in [0, 0.1) is 5.82 Å². The molecule has 3 aromatic carbocycles. The Hall–Kier alpha value is -3.07. The second-order valence-corrected chi connectivity index (χ2v) is 10.4. The highest BCUT2D eigenvalue weighted by Crippen LogP contribution is 2.39. The van der Waals surface area contributed by atoms with Gasteiger partial charge in [0.05, 0.1) is 15.5 Å². The summed E-state index contributed by atoms with van der Waals surface area (Å²) in [6.07, 6.45) is 1.14. The third-order valence-corrected chi connectivity index (χ3v) is 7.02. The number of carbonyl (C=O) groups is 1. The minimum absolute atomic E-state index is 0.191. The number of thiazole rings is 1. The number of hydrogen-bond acceptors (Lipinski definition) is 5. The van der Waals surface area contributed by atoms with E-state index in [9.17, 15) is 17.6 Å². The molecule has 0 fully saturated rings. The quantitative estimate of drug-likeness (QED) is 0.379. The van der Waals surface area contributed by atoms with Gasteiger partial charge in [-0.3, -0.25) is 10.1 Å². The van der Waals surface area contributed by atoms with E-state index in [1.807, 2.05) is 0 Å². The molecule has 162 valence electrons. The molecule has 0 aliphatic rings. The Kier molecular flexibility index (Phi) is 6.10. The molecule has 0 radical (unpaired) electrons. The zero-order valence-corrected chi connectivity index (χ0v) is 19.1. The number of anilines is 1. The SMILES string of the molecule is CS(=O)(=O)c1ccc(-c2nc(NC(=O)c3ccc(Cl)cc3)sc2-c2ccc(F)cc2)cc1. The monoisotopic (exact) mass is 486 g/mol. The van der Waals surface area contributed by atoms with Gasteiger partial charge < -0.3 is 0 Å².